The molecule has 3 heteroatoms. The van der Waals surface area contributed by atoms with E-state index in [1.165, 1.54) is 19.3 Å². The van der Waals surface area contributed by atoms with E-state index >= 15 is 0 Å². The summed E-state index contributed by atoms with van der Waals surface area (Å²) in [5.74, 6) is 0. The number of nitrogens with one attached hydrogen (secondary N) is 1. The van der Waals surface area contributed by atoms with Crippen LogP contribution in [0.5, 0.6) is 0 Å². The van der Waals surface area contributed by atoms with Gasteiger partial charge >= 0.3 is 0 Å². The fourth-order valence-corrected chi connectivity index (χ4v) is 1.06. The average Bonchev–Trinajstić information content (AvgIpc) is 2.05. The van der Waals surface area contributed by atoms with Gasteiger partial charge in [0.25, 0.3) is 0 Å². The number of rotatable bonds is 8. The zero-order valence-electron chi connectivity index (χ0n) is 8.05. The van der Waals surface area contributed by atoms with Crippen LogP contribution in [0.2, 0.25) is 0 Å². The van der Waals surface area contributed by atoms with Gasteiger partial charge < -0.3 is 16.2 Å². The number of hydrogen-bond donors (Lipinski definition) is 3. The highest BCUT2D eigenvalue weighted by atomic mass is 16.3. The summed E-state index contributed by atoms with van der Waals surface area (Å²) in [5.41, 5.74) is 5.29. The van der Waals surface area contributed by atoms with Crippen LogP contribution in [0.1, 0.15) is 32.6 Å². The van der Waals surface area contributed by atoms with Crippen molar-refractivity contribution in [1.82, 2.24) is 5.32 Å². The molecule has 0 heterocycles. The number of unbranched alkanes of at least 4 members (excludes halogenated alkanes) is 2. The van der Waals surface area contributed by atoms with Gasteiger partial charge in [-0.2, -0.15) is 0 Å². The molecule has 0 bridgehead atoms. The highest BCUT2D eigenvalue weighted by Gasteiger charge is 2.00. The molecule has 12 heavy (non-hydrogen) atoms. The van der Waals surface area contributed by atoms with Crippen molar-refractivity contribution >= 4 is 0 Å². The summed E-state index contributed by atoms with van der Waals surface area (Å²) in [6.45, 7) is 4.44. The standard InChI is InChI=1S/C9H22N2O/c1-2-3-4-7-11-8-9(12)5-6-10/h9,11-12H,2-8,10H2,1H3. The van der Waals surface area contributed by atoms with Crippen LogP contribution in [0.3, 0.4) is 0 Å². The van der Waals surface area contributed by atoms with Crippen molar-refractivity contribution in [2.45, 2.75) is 38.7 Å². The molecule has 0 aliphatic carbocycles. The first kappa shape index (κ1) is 11.9. The van der Waals surface area contributed by atoms with Gasteiger partial charge in [0.15, 0.2) is 0 Å². The fourth-order valence-electron chi connectivity index (χ4n) is 1.06. The van der Waals surface area contributed by atoms with Gasteiger partial charge in [0.2, 0.25) is 0 Å². The Morgan fingerprint density at radius 1 is 1.42 bits per heavy atom. The largest absolute Gasteiger partial charge is 0.392 e. The van der Waals surface area contributed by atoms with Crippen LogP contribution in [-0.2, 0) is 0 Å². The molecule has 0 fully saturated rings. The van der Waals surface area contributed by atoms with E-state index in [9.17, 15) is 5.11 Å². The lowest BCUT2D eigenvalue weighted by Crippen LogP contribution is -2.29. The van der Waals surface area contributed by atoms with Gasteiger partial charge in [-0.25, -0.2) is 0 Å². The first-order chi connectivity index (χ1) is 5.81. The van der Waals surface area contributed by atoms with Crippen LogP contribution in [0.25, 0.3) is 0 Å². The predicted octanol–water partition coefficient (Wildman–Crippen LogP) is 0.476. The summed E-state index contributed by atoms with van der Waals surface area (Å²) in [6.07, 6.45) is 4.14. The summed E-state index contributed by atoms with van der Waals surface area (Å²) < 4.78 is 0. The first-order valence-corrected chi connectivity index (χ1v) is 4.90. The maximum absolute atomic E-state index is 9.26. The SMILES string of the molecule is CCCCCNCC(O)CCN. The van der Waals surface area contributed by atoms with Gasteiger partial charge in [0.1, 0.15) is 0 Å². The topological polar surface area (TPSA) is 58.3 Å². The Bertz CT molecular complexity index is 88.6. The minimum absolute atomic E-state index is 0.267. The lowest BCUT2D eigenvalue weighted by Gasteiger charge is -2.09. The van der Waals surface area contributed by atoms with E-state index in [0.717, 1.165) is 6.54 Å². The molecule has 4 N–H and O–H groups in total. The van der Waals surface area contributed by atoms with Crippen molar-refractivity contribution in [2.24, 2.45) is 5.73 Å². The molecule has 0 saturated heterocycles. The maximum Gasteiger partial charge on any atom is 0.0676 e. The van der Waals surface area contributed by atoms with E-state index in [4.69, 9.17) is 5.73 Å². The summed E-state index contributed by atoms with van der Waals surface area (Å²) in [4.78, 5) is 0. The second-order valence-corrected chi connectivity index (χ2v) is 3.14. The molecule has 0 rings (SSSR count). The minimum atomic E-state index is -0.267. The normalized spacial score (nSPS) is 13.2. The van der Waals surface area contributed by atoms with Gasteiger partial charge in [0, 0.05) is 6.54 Å². The predicted molar refractivity (Wildman–Crippen MR) is 52.1 cm³/mol. The van der Waals surface area contributed by atoms with Crippen molar-refractivity contribution < 1.29 is 5.11 Å². The lowest BCUT2D eigenvalue weighted by molar-refractivity contribution is 0.164. The van der Waals surface area contributed by atoms with Crippen LogP contribution in [0, 0.1) is 0 Å². The molecule has 3 nitrogen and oxygen atoms in total. The Hall–Kier alpha value is -0.120. The zero-order valence-corrected chi connectivity index (χ0v) is 8.05. The van der Waals surface area contributed by atoms with Crippen molar-refractivity contribution in [3.8, 4) is 0 Å². The van der Waals surface area contributed by atoms with Gasteiger partial charge in [-0.3, -0.25) is 0 Å². The molecule has 0 spiro atoms. The molecule has 0 aromatic rings. The maximum atomic E-state index is 9.26. The molecular weight excluding hydrogens is 152 g/mol. The molecule has 74 valence electrons. The van der Waals surface area contributed by atoms with Gasteiger partial charge in [-0.15, -0.1) is 0 Å². The smallest absolute Gasteiger partial charge is 0.0676 e. The summed E-state index contributed by atoms with van der Waals surface area (Å²) in [5, 5.41) is 12.5. The summed E-state index contributed by atoms with van der Waals surface area (Å²) in [7, 11) is 0. The van der Waals surface area contributed by atoms with Crippen molar-refractivity contribution in [2.75, 3.05) is 19.6 Å². The highest BCUT2D eigenvalue weighted by molar-refractivity contribution is 4.59. The third kappa shape index (κ3) is 7.98. The molecule has 0 radical (unpaired) electrons. The molecule has 1 atom stereocenters. The number of aliphatic hydroxyl groups is 1. The van der Waals surface area contributed by atoms with Crippen molar-refractivity contribution in [1.29, 1.82) is 0 Å². The zero-order chi connectivity index (χ0) is 9.23. The van der Waals surface area contributed by atoms with E-state index < -0.39 is 0 Å². The lowest BCUT2D eigenvalue weighted by atomic mass is 10.2. The van der Waals surface area contributed by atoms with Crippen molar-refractivity contribution in [3.05, 3.63) is 0 Å². The highest BCUT2D eigenvalue weighted by Crippen LogP contribution is 1.92. The Morgan fingerprint density at radius 3 is 2.75 bits per heavy atom. The second-order valence-electron chi connectivity index (χ2n) is 3.14. The van der Waals surface area contributed by atoms with Crippen LogP contribution in [0.4, 0.5) is 0 Å². The Kier molecular flexibility index (Phi) is 8.88. The van der Waals surface area contributed by atoms with Gasteiger partial charge in [0.05, 0.1) is 6.10 Å². The molecule has 0 aliphatic heterocycles. The van der Waals surface area contributed by atoms with Crippen molar-refractivity contribution in [3.63, 3.8) is 0 Å². The molecular formula is C9H22N2O. The Labute approximate surface area is 75.3 Å². The van der Waals surface area contributed by atoms with E-state index in [2.05, 4.69) is 12.2 Å². The van der Waals surface area contributed by atoms with Crippen LogP contribution in [0.15, 0.2) is 0 Å². The minimum Gasteiger partial charge on any atom is -0.392 e. The number of hydrogen-bond acceptors (Lipinski definition) is 3. The van der Waals surface area contributed by atoms with Crippen LogP contribution < -0.4 is 11.1 Å². The quantitative estimate of drug-likeness (QED) is 0.469. The van der Waals surface area contributed by atoms with Gasteiger partial charge in [-0.1, -0.05) is 19.8 Å². The Morgan fingerprint density at radius 2 is 2.17 bits per heavy atom. The number of nitrogens with two attached hydrogens (primary N) is 1. The third-order valence-electron chi connectivity index (χ3n) is 1.84. The first-order valence-electron chi connectivity index (χ1n) is 4.90. The molecule has 0 aromatic heterocycles. The molecule has 0 saturated carbocycles. The summed E-state index contributed by atoms with van der Waals surface area (Å²) in [6, 6.07) is 0. The van der Waals surface area contributed by atoms with E-state index in [-0.39, 0.29) is 6.10 Å². The Balaban J connectivity index is 2.97. The fraction of sp³-hybridized carbons (Fsp3) is 1.00. The summed E-state index contributed by atoms with van der Waals surface area (Å²) >= 11 is 0. The second kappa shape index (κ2) is 8.97. The van der Waals surface area contributed by atoms with E-state index in [1.807, 2.05) is 0 Å². The molecule has 0 amide bonds. The van der Waals surface area contributed by atoms with E-state index in [0.29, 0.717) is 19.5 Å². The monoisotopic (exact) mass is 174 g/mol. The van der Waals surface area contributed by atoms with Crippen LogP contribution in [-0.4, -0.2) is 30.8 Å². The molecule has 1 unspecified atom stereocenters. The van der Waals surface area contributed by atoms with Crippen LogP contribution >= 0.6 is 0 Å². The third-order valence-corrected chi connectivity index (χ3v) is 1.84. The molecule has 0 aliphatic rings. The van der Waals surface area contributed by atoms with E-state index in [1.54, 1.807) is 0 Å². The average molecular weight is 174 g/mol. The van der Waals surface area contributed by atoms with Gasteiger partial charge in [-0.05, 0) is 25.9 Å². The molecule has 0 aromatic carbocycles. The number of aliphatic hydroxyl groups excluding tert-OH is 1.